The molecule has 23 heavy (non-hydrogen) atoms. The highest BCUT2D eigenvalue weighted by Crippen LogP contribution is 2.14. The van der Waals surface area contributed by atoms with Crippen LogP contribution in [0.2, 0.25) is 0 Å². The molecule has 0 aliphatic carbocycles. The van der Waals surface area contributed by atoms with Crippen LogP contribution >= 0.6 is 15.9 Å². The van der Waals surface area contributed by atoms with E-state index in [1.807, 2.05) is 26.2 Å². The number of hydrogen-bond acceptors (Lipinski definition) is 4. The smallest absolute Gasteiger partial charge is 0.307 e. The molecule has 1 aromatic rings. The van der Waals surface area contributed by atoms with E-state index in [1.165, 1.54) is 0 Å². The molecule has 0 aliphatic rings. The molecule has 0 saturated carbocycles. The summed E-state index contributed by atoms with van der Waals surface area (Å²) in [4.78, 5) is 28.1. The van der Waals surface area contributed by atoms with E-state index < -0.39 is 0 Å². The SMILES string of the molecule is CCOC(=O)CCN(CCCN(C)C)C(=O)c1cccc(Br)c1. The predicted octanol–water partition coefficient (Wildman–Crippen LogP) is 2.80. The Morgan fingerprint density at radius 3 is 2.52 bits per heavy atom. The van der Waals surface area contributed by atoms with Crippen molar-refractivity contribution in [3.05, 3.63) is 34.3 Å². The molecule has 1 amide bonds. The van der Waals surface area contributed by atoms with E-state index in [1.54, 1.807) is 24.0 Å². The third kappa shape index (κ3) is 7.61. The normalized spacial score (nSPS) is 10.7. The Balaban J connectivity index is 2.72. The second-order valence-corrected chi connectivity index (χ2v) is 6.43. The van der Waals surface area contributed by atoms with Crippen LogP contribution in [0.3, 0.4) is 0 Å². The van der Waals surface area contributed by atoms with Crippen LogP contribution in [0.25, 0.3) is 0 Å². The fraction of sp³-hybridized carbons (Fsp3) is 0.529. The van der Waals surface area contributed by atoms with E-state index >= 15 is 0 Å². The maximum absolute atomic E-state index is 12.7. The summed E-state index contributed by atoms with van der Waals surface area (Å²) in [6.07, 6.45) is 1.07. The van der Waals surface area contributed by atoms with Gasteiger partial charge >= 0.3 is 5.97 Å². The minimum atomic E-state index is -0.271. The number of carbonyl (C=O) groups is 2. The maximum Gasteiger partial charge on any atom is 0.307 e. The van der Waals surface area contributed by atoms with Crippen LogP contribution < -0.4 is 0 Å². The summed E-state index contributed by atoms with van der Waals surface area (Å²) in [5.74, 6) is -0.332. The fourth-order valence-electron chi connectivity index (χ4n) is 2.16. The molecule has 6 heteroatoms. The van der Waals surface area contributed by atoms with E-state index in [-0.39, 0.29) is 18.3 Å². The largest absolute Gasteiger partial charge is 0.466 e. The van der Waals surface area contributed by atoms with Crippen molar-refractivity contribution < 1.29 is 14.3 Å². The average molecular weight is 385 g/mol. The van der Waals surface area contributed by atoms with Crippen molar-refractivity contribution in [1.82, 2.24) is 9.80 Å². The van der Waals surface area contributed by atoms with Gasteiger partial charge in [0.2, 0.25) is 0 Å². The molecule has 0 atom stereocenters. The number of halogens is 1. The highest BCUT2D eigenvalue weighted by Gasteiger charge is 2.17. The lowest BCUT2D eigenvalue weighted by molar-refractivity contribution is -0.143. The van der Waals surface area contributed by atoms with Gasteiger partial charge in [0.15, 0.2) is 0 Å². The molecular formula is C17H25BrN2O3. The summed E-state index contributed by atoms with van der Waals surface area (Å²) in [6, 6.07) is 7.30. The average Bonchev–Trinajstić information content (AvgIpc) is 2.50. The minimum absolute atomic E-state index is 0.0608. The van der Waals surface area contributed by atoms with E-state index in [4.69, 9.17) is 4.74 Å². The molecule has 128 valence electrons. The molecule has 0 heterocycles. The monoisotopic (exact) mass is 384 g/mol. The molecule has 0 bridgehead atoms. The molecule has 0 N–H and O–H groups in total. The van der Waals surface area contributed by atoms with Crippen LogP contribution in [-0.2, 0) is 9.53 Å². The minimum Gasteiger partial charge on any atom is -0.466 e. The summed E-state index contributed by atoms with van der Waals surface area (Å²) >= 11 is 3.38. The number of rotatable bonds is 9. The van der Waals surface area contributed by atoms with Crippen molar-refractivity contribution >= 4 is 27.8 Å². The number of esters is 1. The van der Waals surface area contributed by atoms with Crippen LogP contribution in [0, 0.1) is 0 Å². The van der Waals surface area contributed by atoms with Gasteiger partial charge in [-0.2, -0.15) is 0 Å². The predicted molar refractivity (Wildman–Crippen MR) is 94.5 cm³/mol. The standard InChI is InChI=1S/C17H25BrN2O3/c1-4-23-16(21)9-12-20(11-6-10-19(2)3)17(22)14-7-5-8-15(18)13-14/h5,7-8,13H,4,6,9-12H2,1-3H3. The number of benzene rings is 1. The quantitative estimate of drug-likeness (QED) is 0.614. The third-order valence-corrected chi connectivity index (χ3v) is 3.78. The van der Waals surface area contributed by atoms with E-state index in [9.17, 15) is 9.59 Å². The molecule has 0 spiro atoms. The van der Waals surface area contributed by atoms with Crippen molar-refractivity contribution in [3.8, 4) is 0 Å². The zero-order chi connectivity index (χ0) is 17.2. The Morgan fingerprint density at radius 2 is 1.91 bits per heavy atom. The van der Waals surface area contributed by atoms with Gasteiger partial charge < -0.3 is 14.5 Å². The van der Waals surface area contributed by atoms with Gasteiger partial charge in [0.05, 0.1) is 13.0 Å². The van der Waals surface area contributed by atoms with Crippen molar-refractivity contribution in [2.45, 2.75) is 19.8 Å². The number of ether oxygens (including phenoxy) is 1. The summed E-state index contributed by atoms with van der Waals surface area (Å²) in [5.41, 5.74) is 0.619. The molecule has 0 radical (unpaired) electrons. The molecular weight excluding hydrogens is 360 g/mol. The summed E-state index contributed by atoms with van der Waals surface area (Å²) in [7, 11) is 4.00. The molecule has 0 fully saturated rings. The van der Waals surface area contributed by atoms with Gasteiger partial charge in [0, 0.05) is 23.1 Å². The van der Waals surface area contributed by atoms with Gasteiger partial charge in [-0.3, -0.25) is 9.59 Å². The lowest BCUT2D eigenvalue weighted by Gasteiger charge is -2.23. The van der Waals surface area contributed by atoms with Gasteiger partial charge in [-0.05, 0) is 52.2 Å². The Kier molecular flexibility index (Phi) is 8.87. The second kappa shape index (κ2) is 10.4. The number of hydrogen-bond donors (Lipinski definition) is 0. The van der Waals surface area contributed by atoms with E-state index in [0.717, 1.165) is 17.4 Å². The van der Waals surface area contributed by atoms with Crippen LogP contribution in [0.4, 0.5) is 0 Å². The zero-order valence-electron chi connectivity index (χ0n) is 14.0. The number of amides is 1. The molecule has 0 aromatic heterocycles. The lowest BCUT2D eigenvalue weighted by atomic mass is 10.2. The molecule has 1 aromatic carbocycles. The Bertz CT molecular complexity index is 520. The first-order valence-electron chi connectivity index (χ1n) is 7.79. The molecule has 0 unspecified atom stereocenters. The van der Waals surface area contributed by atoms with Gasteiger partial charge in [0.25, 0.3) is 5.91 Å². The fourth-order valence-corrected chi connectivity index (χ4v) is 2.56. The summed E-state index contributed by atoms with van der Waals surface area (Å²) in [6.45, 7) is 4.01. The third-order valence-electron chi connectivity index (χ3n) is 3.28. The van der Waals surface area contributed by atoms with Crippen molar-refractivity contribution in [2.75, 3.05) is 40.3 Å². The first kappa shape index (κ1) is 19.6. The van der Waals surface area contributed by atoms with Gasteiger partial charge in [-0.15, -0.1) is 0 Å². The van der Waals surface area contributed by atoms with Gasteiger partial charge in [-0.1, -0.05) is 22.0 Å². The van der Waals surface area contributed by atoms with Crippen molar-refractivity contribution in [2.24, 2.45) is 0 Å². The second-order valence-electron chi connectivity index (χ2n) is 5.51. The molecule has 0 aliphatic heterocycles. The van der Waals surface area contributed by atoms with Crippen LogP contribution in [0.1, 0.15) is 30.1 Å². The highest BCUT2D eigenvalue weighted by molar-refractivity contribution is 9.10. The number of carbonyl (C=O) groups excluding carboxylic acids is 2. The summed E-state index contributed by atoms with van der Waals surface area (Å²) in [5, 5.41) is 0. The number of nitrogens with zero attached hydrogens (tertiary/aromatic N) is 2. The van der Waals surface area contributed by atoms with Crippen LogP contribution in [0.5, 0.6) is 0 Å². The Labute approximate surface area is 146 Å². The molecule has 1 rings (SSSR count). The Hall–Kier alpha value is -1.40. The van der Waals surface area contributed by atoms with Crippen molar-refractivity contribution in [3.63, 3.8) is 0 Å². The molecule has 5 nitrogen and oxygen atoms in total. The maximum atomic E-state index is 12.7. The van der Waals surface area contributed by atoms with E-state index in [2.05, 4.69) is 20.8 Å². The molecule has 0 saturated heterocycles. The topological polar surface area (TPSA) is 49.9 Å². The van der Waals surface area contributed by atoms with Crippen LogP contribution in [0.15, 0.2) is 28.7 Å². The Morgan fingerprint density at radius 1 is 1.17 bits per heavy atom. The highest BCUT2D eigenvalue weighted by atomic mass is 79.9. The summed E-state index contributed by atoms with van der Waals surface area (Å²) < 4.78 is 5.81. The van der Waals surface area contributed by atoms with Gasteiger partial charge in [0.1, 0.15) is 0 Å². The lowest BCUT2D eigenvalue weighted by Crippen LogP contribution is -2.35. The van der Waals surface area contributed by atoms with Crippen LogP contribution in [-0.4, -0.2) is 62.0 Å². The first-order chi connectivity index (χ1) is 10.9. The first-order valence-corrected chi connectivity index (χ1v) is 8.58. The van der Waals surface area contributed by atoms with Gasteiger partial charge in [-0.25, -0.2) is 0 Å². The van der Waals surface area contributed by atoms with Crippen molar-refractivity contribution in [1.29, 1.82) is 0 Å². The van der Waals surface area contributed by atoms with E-state index in [0.29, 0.717) is 25.3 Å². The zero-order valence-corrected chi connectivity index (χ0v) is 15.6.